The Kier molecular flexibility index (Phi) is 7.99. The van der Waals surface area contributed by atoms with E-state index in [2.05, 4.69) is 15.5 Å². The number of nitrogens with one attached hydrogen (secondary N) is 1. The van der Waals surface area contributed by atoms with Crippen molar-refractivity contribution in [1.82, 2.24) is 0 Å². The summed E-state index contributed by atoms with van der Waals surface area (Å²) in [6.45, 7) is 1.24. The molecule has 0 radical (unpaired) electrons. The molecule has 0 spiro atoms. The zero-order valence-corrected chi connectivity index (χ0v) is 17.9. The number of amides is 1. The topological polar surface area (TPSA) is 108 Å². The first-order valence-electron chi connectivity index (χ1n) is 8.70. The predicted molar refractivity (Wildman–Crippen MR) is 112 cm³/mol. The summed E-state index contributed by atoms with van der Waals surface area (Å²) in [5.41, 5.74) is 0.573. The van der Waals surface area contributed by atoms with Gasteiger partial charge in [0.2, 0.25) is 6.04 Å². The number of anilines is 1. The van der Waals surface area contributed by atoms with E-state index < -0.39 is 17.7 Å². The molecule has 1 amide bonds. The molecule has 0 aliphatic heterocycles. The zero-order valence-electron chi connectivity index (χ0n) is 17.2. The number of methoxy groups -OCH3 is 4. The number of benzene rings is 2. The number of hydrogen-bond donors (Lipinski definition) is 1. The van der Waals surface area contributed by atoms with Crippen LogP contribution in [0.3, 0.4) is 0 Å². The Bertz CT molecular complexity index is 964. The number of azo groups is 1. The number of halogens is 1. The van der Waals surface area contributed by atoms with Gasteiger partial charge in [0, 0.05) is 6.07 Å². The van der Waals surface area contributed by atoms with Crippen molar-refractivity contribution in [3.05, 3.63) is 35.4 Å². The van der Waals surface area contributed by atoms with E-state index in [0.717, 1.165) is 0 Å². The molecule has 2 aromatic carbocycles. The smallest absolute Gasteiger partial charge is 0.258 e. The third-order valence-corrected chi connectivity index (χ3v) is 4.42. The molecule has 1 N–H and O–H groups in total. The minimum Gasteiger partial charge on any atom is -0.497 e. The van der Waals surface area contributed by atoms with Crippen LogP contribution in [0.5, 0.6) is 23.0 Å². The van der Waals surface area contributed by atoms with Crippen molar-refractivity contribution in [2.45, 2.75) is 13.0 Å². The highest BCUT2D eigenvalue weighted by Crippen LogP contribution is 2.40. The molecule has 0 aliphatic rings. The van der Waals surface area contributed by atoms with Crippen molar-refractivity contribution in [2.75, 3.05) is 33.8 Å². The third kappa shape index (κ3) is 5.18. The average molecular weight is 436 g/mol. The van der Waals surface area contributed by atoms with Crippen molar-refractivity contribution in [3.63, 3.8) is 0 Å². The standard InChI is InChI=1S/C20H22ClN3O6/c1-11(25)18(24-23-13-7-6-12(27-2)10-16(13)29-4)20(26)22-14-8-9-15(28-3)19(30-5)17(14)21/h6-10,18H,1-5H3,(H,22,26). The van der Waals surface area contributed by atoms with E-state index in [0.29, 0.717) is 22.9 Å². The van der Waals surface area contributed by atoms with Gasteiger partial charge in [-0.1, -0.05) is 11.6 Å². The SMILES string of the molecule is COc1ccc(N=NC(C(C)=O)C(=O)Nc2ccc(OC)c(OC)c2Cl)c(OC)c1. The van der Waals surface area contributed by atoms with Gasteiger partial charge in [0.25, 0.3) is 5.91 Å². The molecule has 9 nitrogen and oxygen atoms in total. The second-order valence-electron chi connectivity index (χ2n) is 5.92. The molecule has 30 heavy (non-hydrogen) atoms. The molecule has 0 heterocycles. The van der Waals surface area contributed by atoms with Crippen LogP contribution in [0.2, 0.25) is 5.02 Å². The minimum absolute atomic E-state index is 0.126. The van der Waals surface area contributed by atoms with Crippen molar-refractivity contribution < 1.29 is 28.5 Å². The summed E-state index contributed by atoms with van der Waals surface area (Å²) in [5.74, 6) is 0.391. The van der Waals surface area contributed by atoms with Gasteiger partial charge in [-0.15, -0.1) is 0 Å². The lowest BCUT2D eigenvalue weighted by atomic mass is 10.2. The Morgan fingerprint density at radius 2 is 1.67 bits per heavy atom. The summed E-state index contributed by atoms with van der Waals surface area (Å²) < 4.78 is 20.7. The van der Waals surface area contributed by atoms with E-state index in [1.165, 1.54) is 41.4 Å². The van der Waals surface area contributed by atoms with Gasteiger partial charge in [0.1, 0.15) is 22.2 Å². The lowest BCUT2D eigenvalue weighted by molar-refractivity contribution is -0.126. The Morgan fingerprint density at radius 1 is 0.967 bits per heavy atom. The summed E-state index contributed by atoms with van der Waals surface area (Å²) in [5, 5.41) is 10.6. The van der Waals surface area contributed by atoms with E-state index in [9.17, 15) is 9.59 Å². The first kappa shape index (κ1) is 23.0. The Hall–Kier alpha value is -3.33. The maximum Gasteiger partial charge on any atom is 0.258 e. The van der Waals surface area contributed by atoms with Crippen LogP contribution in [0, 0.1) is 0 Å². The van der Waals surface area contributed by atoms with Crippen LogP contribution in [-0.2, 0) is 9.59 Å². The Morgan fingerprint density at radius 3 is 2.23 bits per heavy atom. The lowest BCUT2D eigenvalue weighted by Gasteiger charge is -2.15. The van der Waals surface area contributed by atoms with Gasteiger partial charge >= 0.3 is 0 Å². The zero-order chi connectivity index (χ0) is 22.3. The summed E-state index contributed by atoms with van der Waals surface area (Å²) in [4.78, 5) is 24.7. The largest absolute Gasteiger partial charge is 0.497 e. The second kappa shape index (κ2) is 10.4. The molecule has 0 aromatic heterocycles. The molecular weight excluding hydrogens is 414 g/mol. The van der Waals surface area contributed by atoms with E-state index in [-0.39, 0.29) is 16.5 Å². The minimum atomic E-state index is -1.39. The monoisotopic (exact) mass is 435 g/mol. The fraction of sp³-hybridized carbons (Fsp3) is 0.300. The molecular formula is C20H22ClN3O6. The first-order chi connectivity index (χ1) is 14.4. The van der Waals surface area contributed by atoms with E-state index >= 15 is 0 Å². The van der Waals surface area contributed by atoms with Crippen molar-refractivity contribution in [3.8, 4) is 23.0 Å². The quantitative estimate of drug-likeness (QED) is 0.470. The van der Waals surface area contributed by atoms with Gasteiger partial charge in [0.15, 0.2) is 17.3 Å². The number of ketones is 1. The van der Waals surface area contributed by atoms with Crippen molar-refractivity contribution >= 4 is 34.7 Å². The van der Waals surface area contributed by atoms with E-state index in [4.69, 9.17) is 30.5 Å². The Balaban J connectivity index is 2.28. The number of Topliss-reactive ketones (excluding diaryl/α,β-unsaturated/α-hetero) is 1. The number of nitrogens with zero attached hydrogens (tertiary/aromatic N) is 2. The van der Waals surface area contributed by atoms with E-state index in [1.807, 2.05) is 0 Å². The van der Waals surface area contributed by atoms with Crippen LogP contribution >= 0.6 is 11.6 Å². The fourth-order valence-corrected chi connectivity index (χ4v) is 2.77. The molecule has 0 fully saturated rings. The molecule has 0 bridgehead atoms. The highest BCUT2D eigenvalue weighted by Gasteiger charge is 2.25. The Labute approximate surface area is 178 Å². The van der Waals surface area contributed by atoms with Gasteiger partial charge in [-0.3, -0.25) is 9.59 Å². The van der Waals surface area contributed by atoms with Crippen LogP contribution in [0.4, 0.5) is 11.4 Å². The average Bonchev–Trinajstić information content (AvgIpc) is 2.74. The number of carbonyl (C=O) groups excluding carboxylic acids is 2. The molecule has 2 rings (SSSR count). The predicted octanol–water partition coefficient (Wildman–Crippen LogP) is 4.05. The summed E-state index contributed by atoms with van der Waals surface area (Å²) in [6.07, 6.45) is 0. The first-order valence-corrected chi connectivity index (χ1v) is 9.08. The molecule has 1 atom stereocenters. The number of ether oxygens (including phenoxy) is 4. The molecule has 0 aliphatic carbocycles. The third-order valence-electron chi connectivity index (χ3n) is 4.04. The summed E-state index contributed by atoms with van der Waals surface area (Å²) in [7, 11) is 5.86. The lowest BCUT2D eigenvalue weighted by Crippen LogP contribution is -2.32. The maximum atomic E-state index is 12.7. The number of hydrogen-bond acceptors (Lipinski definition) is 8. The normalized spacial score (nSPS) is 11.7. The molecule has 0 saturated heterocycles. The van der Waals surface area contributed by atoms with Crippen molar-refractivity contribution in [1.29, 1.82) is 0 Å². The van der Waals surface area contributed by atoms with Crippen LogP contribution in [0.1, 0.15) is 6.92 Å². The molecule has 0 saturated carbocycles. The summed E-state index contributed by atoms with van der Waals surface area (Å²) in [6, 6.07) is 6.58. The van der Waals surface area contributed by atoms with Gasteiger partial charge in [-0.2, -0.15) is 10.2 Å². The fourth-order valence-electron chi connectivity index (χ4n) is 2.49. The highest BCUT2D eigenvalue weighted by molar-refractivity contribution is 6.35. The molecule has 10 heteroatoms. The van der Waals surface area contributed by atoms with Gasteiger partial charge < -0.3 is 24.3 Å². The van der Waals surface area contributed by atoms with Gasteiger partial charge in [-0.25, -0.2) is 0 Å². The molecule has 1 unspecified atom stereocenters. The second-order valence-corrected chi connectivity index (χ2v) is 6.30. The van der Waals surface area contributed by atoms with Crippen LogP contribution in [-0.4, -0.2) is 46.2 Å². The number of carbonyl (C=O) groups is 2. The maximum absolute atomic E-state index is 12.7. The van der Waals surface area contributed by atoms with Gasteiger partial charge in [0.05, 0.1) is 34.1 Å². The summed E-state index contributed by atoms with van der Waals surface area (Å²) >= 11 is 6.28. The van der Waals surface area contributed by atoms with E-state index in [1.54, 1.807) is 24.3 Å². The van der Waals surface area contributed by atoms with Gasteiger partial charge in [-0.05, 0) is 31.2 Å². The van der Waals surface area contributed by atoms with Crippen LogP contribution in [0.15, 0.2) is 40.6 Å². The van der Waals surface area contributed by atoms with Crippen molar-refractivity contribution in [2.24, 2.45) is 10.2 Å². The van der Waals surface area contributed by atoms with Crippen LogP contribution < -0.4 is 24.3 Å². The van der Waals surface area contributed by atoms with Crippen LogP contribution in [0.25, 0.3) is 0 Å². The molecule has 160 valence electrons. The molecule has 2 aromatic rings. The number of rotatable bonds is 9. The highest BCUT2D eigenvalue weighted by atomic mass is 35.5.